The van der Waals surface area contributed by atoms with Gasteiger partial charge in [-0.2, -0.15) is 0 Å². The minimum Gasteiger partial charge on any atom is -0.497 e. The molecule has 26 heavy (non-hydrogen) atoms. The van der Waals surface area contributed by atoms with Crippen LogP contribution in [0.4, 0.5) is 0 Å². The predicted octanol–water partition coefficient (Wildman–Crippen LogP) is 4.26. The van der Waals surface area contributed by atoms with Gasteiger partial charge >= 0.3 is 0 Å². The van der Waals surface area contributed by atoms with Gasteiger partial charge in [0.05, 0.1) is 19.0 Å². The second-order valence-electron chi connectivity index (χ2n) is 5.45. The van der Waals surface area contributed by atoms with Gasteiger partial charge in [-0.15, -0.1) is 0 Å². The van der Waals surface area contributed by atoms with Crippen molar-refractivity contribution in [3.63, 3.8) is 0 Å². The third kappa shape index (κ3) is 4.80. The van der Waals surface area contributed by atoms with Crippen molar-refractivity contribution in [2.75, 3.05) is 19.4 Å². The van der Waals surface area contributed by atoms with Crippen LogP contribution in [-0.2, 0) is 0 Å². The van der Waals surface area contributed by atoms with E-state index in [9.17, 15) is 4.79 Å². The fraction of sp³-hybridized carbons (Fsp3) is 0.158. The Balaban J connectivity index is 1.48. The maximum absolute atomic E-state index is 12.0. The zero-order valence-electron chi connectivity index (χ0n) is 14.2. The summed E-state index contributed by atoms with van der Waals surface area (Å²) in [6, 6.07) is 14.7. The molecular formula is C19H18ClN3O2S. The predicted molar refractivity (Wildman–Crippen MR) is 105 cm³/mol. The summed E-state index contributed by atoms with van der Waals surface area (Å²) in [4.78, 5) is 19.7. The number of thioether (sulfide) groups is 1. The standard InChI is InChI=1S/C19H18ClN3O2S/c1-25-16-7-5-13(6-8-16)17-12-22-19(23-17)26-10-9-21-18(24)14-3-2-4-15(20)11-14/h2-8,11-12H,9-10H2,1H3,(H,21,24)(H,22,23). The van der Waals surface area contributed by atoms with E-state index in [-0.39, 0.29) is 5.91 Å². The second-order valence-corrected chi connectivity index (χ2v) is 6.97. The van der Waals surface area contributed by atoms with Crippen LogP contribution >= 0.6 is 23.4 Å². The Bertz CT molecular complexity index is 881. The lowest BCUT2D eigenvalue weighted by atomic mass is 10.2. The fourth-order valence-corrected chi connectivity index (χ4v) is 3.23. The van der Waals surface area contributed by atoms with E-state index in [4.69, 9.17) is 16.3 Å². The molecule has 3 rings (SSSR count). The number of hydrogen-bond acceptors (Lipinski definition) is 4. The van der Waals surface area contributed by atoms with Crippen LogP contribution < -0.4 is 10.1 Å². The molecule has 0 aliphatic rings. The molecule has 0 unspecified atom stereocenters. The number of carbonyl (C=O) groups is 1. The Hall–Kier alpha value is -2.44. The number of halogens is 1. The van der Waals surface area contributed by atoms with Crippen molar-refractivity contribution in [3.05, 3.63) is 65.3 Å². The van der Waals surface area contributed by atoms with Crippen molar-refractivity contribution in [3.8, 4) is 17.0 Å². The van der Waals surface area contributed by atoms with Crippen molar-refractivity contribution >= 4 is 29.3 Å². The highest BCUT2D eigenvalue weighted by atomic mass is 35.5. The molecule has 0 atom stereocenters. The highest BCUT2D eigenvalue weighted by molar-refractivity contribution is 7.99. The van der Waals surface area contributed by atoms with Gasteiger partial charge in [0.15, 0.2) is 5.16 Å². The first-order chi connectivity index (χ1) is 12.7. The summed E-state index contributed by atoms with van der Waals surface area (Å²) < 4.78 is 5.16. The van der Waals surface area contributed by atoms with Gasteiger partial charge in [0.1, 0.15) is 5.75 Å². The Labute approximate surface area is 161 Å². The summed E-state index contributed by atoms with van der Waals surface area (Å²) in [5.74, 6) is 1.40. The topological polar surface area (TPSA) is 67.0 Å². The third-order valence-corrected chi connectivity index (χ3v) is 4.79. The van der Waals surface area contributed by atoms with Gasteiger partial charge in [0.2, 0.25) is 0 Å². The van der Waals surface area contributed by atoms with Crippen LogP contribution in [-0.4, -0.2) is 35.3 Å². The average Bonchev–Trinajstić information content (AvgIpc) is 3.14. The van der Waals surface area contributed by atoms with Gasteiger partial charge in [-0.1, -0.05) is 29.4 Å². The first-order valence-corrected chi connectivity index (χ1v) is 9.38. The van der Waals surface area contributed by atoms with Crippen molar-refractivity contribution in [1.29, 1.82) is 0 Å². The number of H-pyrrole nitrogens is 1. The number of hydrogen-bond donors (Lipinski definition) is 2. The number of amides is 1. The van der Waals surface area contributed by atoms with Crippen LogP contribution in [0.2, 0.25) is 5.02 Å². The number of aromatic amines is 1. The van der Waals surface area contributed by atoms with Crippen molar-refractivity contribution < 1.29 is 9.53 Å². The van der Waals surface area contributed by atoms with Crippen LogP contribution in [0.25, 0.3) is 11.3 Å². The van der Waals surface area contributed by atoms with Gasteiger partial charge in [-0.3, -0.25) is 4.79 Å². The van der Waals surface area contributed by atoms with Crippen LogP contribution in [0, 0.1) is 0 Å². The smallest absolute Gasteiger partial charge is 0.251 e. The SMILES string of the molecule is COc1ccc(-c2cnc(SCCNC(=O)c3cccc(Cl)c3)[nH]2)cc1. The van der Waals surface area contributed by atoms with Crippen LogP contribution in [0.15, 0.2) is 59.9 Å². The van der Waals surface area contributed by atoms with Crippen molar-refractivity contribution in [1.82, 2.24) is 15.3 Å². The maximum Gasteiger partial charge on any atom is 0.251 e. The number of rotatable bonds is 7. The van der Waals surface area contributed by atoms with Gasteiger partial charge in [-0.05, 0) is 48.0 Å². The molecule has 0 radical (unpaired) electrons. The molecule has 0 fully saturated rings. The van der Waals surface area contributed by atoms with Crippen molar-refractivity contribution in [2.45, 2.75) is 5.16 Å². The van der Waals surface area contributed by atoms with E-state index in [0.717, 1.165) is 22.2 Å². The lowest BCUT2D eigenvalue weighted by Crippen LogP contribution is -2.25. The van der Waals surface area contributed by atoms with Gasteiger partial charge in [0, 0.05) is 22.9 Å². The summed E-state index contributed by atoms with van der Waals surface area (Å²) in [6.07, 6.45) is 1.80. The molecule has 1 heterocycles. The normalized spacial score (nSPS) is 10.5. The average molecular weight is 388 g/mol. The Kier molecular flexibility index (Phi) is 6.20. The number of nitrogens with one attached hydrogen (secondary N) is 2. The molecule has 7 heteroatoms. The number of nitrogens with zero attached hydrogens (tertiary/aromatic N) is 1. The number of aromatic nitrogens is 2. The number of carbonyl (C=O) groups excluding carboxylic acids is 1. The third-order valence-electron chi connectivity index (χ3n) is 3.67. The van der Waals surface area contributed by atoms with E-state index in [1.165, 1.54) is 0 Å². The molecule has 3 aromatic rings. The van der Waals surface area contributed by atoms with Gasteiger partial charge < -0.3 is 15.0 Å². The molecule has 2 N–H and O–H groups in total. The first-order valence-electron chi connectivity index (χ1n) is 8.02. The molecule has 0 saturated heterocycles. The molecule has 5 nitrogen and oxygen atoms in total. The largest absolute Gasteiger partial charge is 0.497 e. The quantitative estimate of drug-likeness (QED) is 0.469. The van der Waals surface area contributed by atoms with E-state index in [2.05, 4.69) is 15.3 Å². The highest BCUT2D eigenvalue weighted by Gasteiger charge is 2.07. The number of benzene rings is 2. The molecule has 0 bridgehead atoms. The Morgan fingerprint density at radius 3 is 2.81 bits per heavy atom. The number of ether oxygens (including phenoxy) is 1. The monoisotopic (exact) mass is 387 g/mol. The lowest BCUT2D eigenvalue weighted by molar-refractivity contribution is 0.0956. The summed E-state index contributed by atoms with van der Waals surface area (Å²) in [6.45, 7) is 0.536. The van der Waals surface area contributed by atoms with E-state index in [1.807, 2.05) is 24.3 Å². The molecule has 1 aromatic heterocycles. The second kappa shape index (κ2) is 8.78. The van der Waals surface area contributed by atoms with Crippen LogP contribution in [0.3, 0.4) is 0 Å². The Morgan fingerprint density at radius 1 is 1.27 bits per heavy atom. The number of imidazole rings is 1. The summed E-state index contributed by atoms with van der Waals surface area (Å²) >= 11 is 7.45. The van der Waals surface area contributed by atoms with Crippen LogP contribution in [0.5, 0.6) is 5.75 Å². The molecular weight excluding hydrogens is 370 g/mol. The lowest BCUT2D eigenvalue weighted by Gasteiger charge is -2.04. The zero-order chi connectivity index (χ0) is 18.4. The fourth-order valence-electron chi connectivity index (χ4n) is 2.34. The van der Waals surface area contributed by atoms with E-state index in [1.54, 1.807) is 49.3 Å². The molecule has 0 aliphatic heterocycles. The first kappa shape index (κ1) is 18.4. The van der Waals surface area contributed by atoms with Crippen molar-refractivity contribution in [2.24, 2.45) is 0 Å². The Morgan fingerprint density at radius 2 is 2.08 bits per heavy atom. The van der Waals surface area contributed by atoms with Gasteiger partial charge in [0.25, 0.3) is 5.91 Å². The molecule has 2 aromatic carbocycles. The van der Waals surface area contributed by atoms with E-state index in [0.29, 0.717) is 22.9 Å². The number of methoxy groups -OCH3 is 1. The molecule has 0 spiro atoms. The van der Waals surface area contributed by atoms with E-state index >= 15 is 0 Å². The van der Waals surface area contributed by atoms with Gasteiger partial charge in [-0.25, -0.2) is 4.98 Å². The molecule has 1 amide bonds. The summed E-state index contributed by atoms with van der Waals surface area (Å²) in [7, 11) is 1.64. The van der Waals surface area contributed by atoms with Crippen LogP contribution in [0.1, 0.15) is 10.4 Å². The highest BCUT2D eigenvalue weighted by Crippen LogP contribution is 2.23. The van der Waals surface area contributed by atoms with E-state index < -0.39 is 0 Å². The summed E-state index contributed by atoms with van der Waals surface area (Å²) in [5, 5.41) is 4.24. The maximum atomic E-state index is 12.0. The minimum atomic E-state index is -0.133. The summed E-state index contributed by atoms with van der Waals surface area (Å²) in [5.41, 5.74) is 2.54. The minimum absolute atomic E-state index is 0.133. The molecule has 134 valence electrons. The molecule has 0 aliphatic carbocycles. The molecule has 0 saturated carbocycles. The zero-order valence-corrected chi connectivity index (χ0v) is 15.7.